The number of nitrogens with zero attached hydrogens (tertiary/aromatic N) is 1. The fourth-order valence-corrected chi connectivity index (χ4v) is 10.2. The van der Waals surface area contributed by atoms with Crippen molar-refractivity contribution in [1.82, 2.24) is 0 Å². The molecule has 5 nitrogen and oxygen atoms in total. The summed E-state index contributed by atoms with van der Waals surface area (Å²) in [5.41, 5.74) is 4.66. The Bertz CT molecular complexity index is 3100. The van der Waals surface area contributed by atoms with Gasteiger partial charge in [-0.15, -0.1) is 0 Å². The van der Waals surface area contributed by atoms with Crippen molar-refractivity contribution in [3.63, 3.8) is 0 Å². The van der Waals surface area contributed by atoms with E-state index in [9.17, 15) is 23.1 Å². The number of esters is 1. The molecule has 0 heterocycles. The number of halogens is 3. The van der Waals surface area contributed by atoms with E-state index in [1.807, 2.05) is 24.3 Å². The minimum Gasteiger partial charge on any atom is -0.506 e. The van der Waals surface area contributed by atoms with Gasteiger partial charge in [0.15, 0.2) is 11.6 Å². The van der Waals surface area contributed by atoms with Crippen LogP contribution in [-0.4, -0.2) is 29.4 Å². The maximum atomic E-state index is 14.7. The van der Waals surface area contributed by atoms with Crippen molar-refractivity contribution < 1.29 is 32.5 Å². The summed E-state index contributed by atoms with van der Waals surface area (Å²) in [5.74, 6) is -5.32. The molecule has 2 aliphatic carbocycles. The molecule has 0 amide bonds. The van der Waals surface area contributed by atoms with Crippen LogP contribution in [0.15, 0.2) is 144 Å². The summed E-state index contributed by atoms with van der Waals surface area (Å²) in [6.07, 6.45) is 11.5. The Morgan fingerprint density at radius 2 is 1.13 bits per heavy atom. The third-order valence-electron chi connectivity index (χ3n) is 13.6. The van der Waals surface area contributed by atoms with Crippen LogP contribution >= 0.6 is 0 Å². The number of benzene rings is 8. The van der Waals surface area contributed by atoms with Gasteiger partial charge < -0.3 is 14.6 Å². The van der Waals surface area contributed by atoms with Gasteiger partial charge in [-0.25, -0.2) is 18.0 Å². The van der Waals surface area contributed by atoms with E-state index >= 15 is 0 Å². The van der Waals surface area contributed by atoms with Crippen molar-refractivity contribution in [3.05, 3.63) is 179 Å². The zero-order valence-corrected chi connectivity index (χ0v) is 37.5. The highest BCUT2D eigenvalue weighted by Gasteiger charge is 2.41. The molecular formula is C59H52F3NO4. The zero-order chi connectivity index (χ0) is 46.0. The average Bonchev–Trinajstić information content (AvgIpc) is 4.12. The van der Waals surface area contributed by atoms with Gasteiger partial charge in [-0.2, -0.15) is 0 Å². The number of unbranched alkanes of at least 4 members (excludes halogenated alkanes) is 6. The van der Waals surface area contributed by atoms with E-state index in [4.69, 9.17) is 9.47 Å². The fourth-order valence-electron chi connectivity index (χ4n) is 10.2. The number of carbonyl (C=O) groups excluding carboxylic acids is 1. The molecular weight excluding hydrogens is 844 g/mol. The van der Waals surface area contributed by atoms with Gasteiger partial charge in [-0.05, 0) is 115 Å². The molecule has 0 saturated heterocycles. The molecule has 1 saturated carbocycles. The Labute approximate surface area is 388 Å². The molecule has 0 bridgehead atoms. The number of fused-ring (bicyclic) bond motifs is 13. The van der Waals surface area contributed by atoms with Crippen molar-refractivity contribution in [3.8, 4) is 16.9 Å². The summed E-state index contributed by atoms with van der Waals surface area (Å²) in [4.78, 5) is 17.8. The van der Waals surface area contributed by atoms with Crippen LogP contribution in [0.4, 0.5) is 13.2 Å². The van der Waals surface area contributed by atoms with Gasteiger partial charge in [0.1, 0.15) is 35.6 Å². The third kappa shape index (κ3) is 8.66. The molecule has 8 aromatic rings. The highest BCUT2D eigenvalue weighted by atomic mass is 19.2. The Balaban J connectivity index is 1.02. The lowest BCUT2D eigenvalue weighted by molar-refractivity contribution is -0.139. The third-order valence-corrected chi connectivity index (χ3v) is 13.6. The van der Waals surface area contributed by atoms with Gasteiger partial charge in [0.05, 0.1) is 11.6 Å². The molecule has 0 aliphatic heterocycles. The summed E-state index contributed by atoms with van der Waals surface area (Å²) < 4.78 is 55.6. The fraction of sp³-hybridized carbons (Fsp3) is 0.254. The molecule has 0 spiro atoms. The Morgan fingerprint density at radius 3 is 1.69 bits per heavy atom. The van der Waals surface area contributed by atoms with Crippen LogP contribution in [0.2, 0.25) is 0 Å². The van der Waals surface area contributed by atoms with Gasteiger partial charge in [0, 0.05) is 18.2 Å². The first-order valence-electron chi connectivity index (χ1n) is 23.7. The molecule has 0 aromatic heterocycles. The van der Waals surface area contributed by atoms with Crippen LogP contribution in [0.25, 0.3) is 60.0 Å². The average molecular weight is 896 g/mol. The summed E-state index contributed by atoms with van der Waals surface area (Å²) in [7, 11) is 0. The topological polar surface area (TPSA) is 68.1 Å². The molecule has 338 valence electrons. The van der Waals surface area contributed by atoms with Crippen molar-refractivity contribution in [2.75, 3.05) is 0 Å². The number of aliphatic hydroxyl groups is 1. The molecule has 67 heavy (non-hydrogen) atoms. The highest BCUT2D eigenvalue weighted by molar-refractivity contribution is 6.25. The molecule has 8 heteroatoms. The number of carbonyl (C=O) groups is 1. The Morgan fingerprint density at radius 1 is 0.642 bits per heavy atom. The SMILES string of the molecule is CCCCCCCCCC(Oc1ccc(COC(=O)/C(C=NC2CC2)=C(\O)c2cc(F)c(F)cc2F)cc1)C1c2c(c3ccccc3c3ccccc23)-c2c1c1ccccc1c1ccccc21. The van der Waals surface area contributed by atoms with Gasteiger partial charge in [-0.3, -0.25) is 4.99 Å². The molecule has 8 aromatic carbocycles. The van der Waals surface area contributed by atoms with Gasteiger partial charge in [0.2, 0.25) is 0 Å². The molecule has 1 fully saturated rings. The second-order valence-electron chi connectivity index (χ2n) is 18.0. The monoisotopic (exact) mass is 895 g/mol. The standard InChI is InChI=1S/C59H52F3NO4/c1-2-3-4-5-6-7-8-25-52(67-38-30-26-36(27-31-38)35-66-59(65)48(34-63-37-28-29-37)58(64)47-32-50(61)51(62)33-49(47)60)57-55-45-23-15-11-19-41(45)39-17-9-13-21-43(39)53(55)54-44-22-14-10-18-40(44)42-20-12-16-24-46(42)56(54)57/h9-24,26-27,30-34,37,52,57,64H,2-8,25,28-29,35H2,1H3/b58-48-,63-34?. The second kappa shape index (κ2) is 19.1. The largest absolute Gasteiger partial charge is 0.506 e. The smallest absolute Gasteiger partial charge is 0.343 e. The molecule has 0 radical (unpaired) electrons. The van der Waals surface area contributed by atoms with Crippen molar-refractivity contribution in [1.29, 1.82) is 0 Å². The zero-order valence-electron chi connectivity index (χ0n) is 37.5. The molecule has 10 rings (SSSR count). The van der Waals surface area contributed by atoms with Gasteiger partial charge >= 0.3 is 5.97 Å². The molecule has 1 atom stereocenters. The maximum Gasteiger partial charge on any atom is 0.343 e. The maximum absolute atomic E-state index is 14.7. The first kappa shape index (κ1) is 43.9. The van der Waals surface area contributed by atoms with E-state index in [2.05, 4.69) is 109 Å². The van der Waals surface area contributed by atoms with Crippen LogP contribution in [0.3, 0.4) is 0 Å². The molecule has 1 unspecified atom stereocenters. The van der Waals surface area contributed by atoms with Crippen LogP contribution in [0.1, 0.15) is 99.3 Å². The van der Waals surface area contributed by atoms with E-state index in [0.717, 1.165) is 38.3 Å². The van der Waals surface area contributed by atoms with Crippen LogP contribution < -0.4 is 4.74 Å². The second-order valence-corrected chi connectivity index (χ2v) is 18.0. The summed E-state index contributed by atoms with van der Waals surface area (Å²) in [6, 6.07) is 43.4. The minimum absolute atomic E-state index is 0.0464. The number of ether oxygens (including phenoxy) is 2. The number of aliphatic imine (C=N–C) groups is 1. The minimum atomic E-state index is -1.41. The van der Waals surface area contributed by atoms with E-state index in [-0.39, 0.29) is 24.7 Å². The number of rotatable bonds is 17. The first-order chi connectivity index (χ1) is 32.8. The first-order valence-corrected chi connectivity index (χ1v) is 23.7. The van der Waals surface area contributed by atoms with Crippen molar-refractivity contribution in [2.24, 2.45) is 4.99 Å². The van der Waals surface area contributed by atoms with Crippen LogP contribution in [0.5, 0.6) is 5.75 Å². The predicted octanol–water partition coefficient (Wildman–Crippen LogP) is 15.7. The van der Waals surface area contributed by atoms with Crippen LogP contribution in [0, 0.1) is 17.5 Å². The van der Waals surface area contributed by atoms with E-state index < -0.39 is 40.3 Å². The molecule has 2 aliphatic rings. The quantitative estimate of drug-likeness (QED) is 0.0188. The normalized spacial score (nSPS) is 14.5. The van der Waals surface area contributed by atoms with Crippen molar-refractivity contribution in [2.45, 2.75) is 95.8 Å². The summed E-state index contributed by atoms with van der Waals surface area (Å²) in [6.45, 7) is 2.06. The lowest BCUT2D eigenvalue weighted by Gasteiger charge is -2.29. The highest BCUT2D eigenvalue weighted by Crippen LogP contribution is 2.58. The van der Waals surface area contributed by atoms with E-state index in [1.54, 1.807) is 0 Å². The Hall–Kier alpha value is -6.93. The lowest BCUT2D eigenvalue weighted by atomic mass is 9.82. The number of hydrogen-bond donors (Lipinski definition) is 1. The Kier molecular flexibility index (Phi) is 12.5. The van der Waals surface area contributed by atoms with Crippen LogP contribution in [-0.2, 0) is 16.1 Å². The van der Waals surface area contributed by atoms with E-state index in [1.165, 1.54) is 97.4 Å². The molecule has 1 N–H and O–H groups in total. The summed E-state index contributed by atoms with van der Waals surface area (Å²) in [5, 5.41) is 20.8. The van der Waals surface area contributed by atoms with E-state index in [0.29, 0.717) is 23.4 Å². The number of aliphatic hydroxyl groups excluding tert-OH is 1. The van der Waals surface area contributed by atoms with Crippen molar-refractivity contribution >= 4 is 61.0 Å². The number of hydrogen-bond acceptors (Lipinski definition) is 5. The lowest BCUT2D eigenvalue weighted by Crippen LogP contribution is -2.26. The summed E-state index contributed by atoms with van der Waals surface area (Å²) >= 11 is 0. The van der Waals surface area contributed by atoms with Gasteiger partial charge in [-0.1, -0.05) is 155 Å². The predicted molar refractivity (Wildman–Crippen MR) is 264 cm³/mol. The van der Waals surface area contributed by atoms with Gasteiger partial charge in [0.25, 0.3) is 0 Å².